The molecule has 18 heavy (non-hydrogen) atoms. The highest BCUT2D eigenvalue weighted by molar-refractivity contribution is 5.71. The van der Waals surface area contributed by atoms with Crippen LogP contribution in [0.3, 0.4) is 0 Å². The lowest BCUT2D eigenvalue weighted by atomic mass is 9.99. The van der Waals surface area contributed by atoms with Gasteiger partial charge in [-0.15, -0.1) is 0 Å². The number of hydrogen-bond acceptors (Lipinski definition) is 2. The summed E-state index contributed by atoms with van der Waals surface area (Å²) in [6.45, 7) is 2.76. The molecule has 2 heteroatoms. The van der Waals surface area contributed by atoms with Gasteiger partial charge in [0.25, 0.3) is 0 Å². The third-order valence-electron chi connectivity index (χ3n) is 3.03. The lowest BCUT2D eigenvalue weighted by molar-refractivity contribution is 0.416. The third-order valence-corrected chi connectivity index (χ3v) is 3.03. The average molecular weight is 241 g/mol. The zero-order chi connectivity index (χ0) is 13.0. The smallest absolute Gasteiger partial charge is 0.126 e. The fourth-order valence-electron chi connectivity index (χ4n) is 2.12. The van der Waals surface area contributed by atoms with Gasteiger partial charge in [-0.05, 0) is 43.1 Å². The molecule has 94 valence electrons. The van der Waals surface area contributed by atoms with Crippen molar-refractivity contribution in [3.05, 3.63) is 53.6 Å². The van der Waals surface area contributed by atoms with Gasteiger partial charge in [0.1, 0.15) is 5.75 Å². The predicted octanol–water partition coefficient (Wildman–Crippen LogP) is 3.17. The zero-order valence-corrected chi connectivity index (χ0v) is 10.9. The second kappa shape index (κ2) is 5.69. The van der Waals surface area contributed by atoms with E-state index in [1.165, 1.54) is 16.7 Å². The molecule has 2 rings (SSSR count). The molecule has 2 aromatic rings. The lowest BCUT2D eigenvalue weighted by Gasteiger charge is -2.11. The first-order valence-corrected chi connectivity index (χ1v) is 6.18. The van der Waals surface area contributed by atoms with Crippen molar-refractivity contribution < 1.29 is 4.74 Å². The van der Waals surface area contributed by atoms with Gasteiger partial charge in [-0.25, -0.2) is 0 Å². The van der Waals surface area contributed by atoms with E-state index in [2.05, 4.69) is 43.3 Å². The molecule has 0 radical (unpaired) electrons. The summed E-state index contributed by atoms with van der Waals surface area (Å²) in [7, 11) is 1.71. The molecule has 0 saturated carbocycles. The highest BCUT2D eigenvalue weighted by Crippen LogP contribution is 2.31. The standard InChI is InChI=1S/C16H19NO/c1-12-4-3-5-14(10-12)15-11-13(8-9-17)6-7-16(15)18-2/h3-7,10-11H,8-9,17H2,1-2H3. The van der Waals surface area contributed by atoms with E-state index in [0.717, 1.165) is 17.7 Å². The van der Waals surface area contributed by atoms with E-state index in [0.29, 0.717) is 6.54 Å². The molecule has 2 N–H and O–H groups in total. The minimum Gasteiger partial charge on any atom is -0.496 e. The van der Waals surface area contributed by atoms with Gasteiger partial charge >= 0.3 is 0 Å². The van der Waals surface area contributed by atoms with Gasteiger partial charge in [-0.2, -0.15) is 0 Å². The highest BCUT2D eigenvalue weighted by atomic mass is 16.5. The van der Waals surface area contributed by atoms with Crippen LogP contribution in [0.15, 0.2) is 42.5 Å². The Hall–Kier alpha value is -1.80. The van der Waals surface area contributed by atoms with Gasteiger partial charge in [0.2, 0.25) is 0 Å². The van der Waals surface area contributed by atoms with Crippen LogP contribution in [0.4, 0.5) is 0 Å². The summed E-state index contributed by atoms with van der Waals surface area (Å²) in [6, 6.07) is 14.7. The third kappa shape index (κ3) is 2.71. The maximum Gasteiger partial charge on any atom is 0.126 e. The number of benzene rings is 2. The molecule has 0 aliphatic heterocycles. The van der Waals surface area contributed by atoms with E-state index in [-0.39, 0.29) is 0 Å². The molecule has 2 aromatic carbocycles. The second-order valence-corrected chi connectivity index (χ2v) is 4.44. The van der Waals surface area contributed by atoms with Crippen molar-refractivity contribution in [1.29, 1.82) is 0 Å². The van der Waals surface area contributed by atoms with E-state index >= 15 is 0 Å². The van der Waals surface area contributed by atoms with Gasteiger partial charge in [0.15, 0.2) is 0 Å². The van der Waals surface area contributed by atoms with Crippen molar-refractivity contribution in [2.75, 3.05) is 13.7 Å². The summed E-state index contributed by atoms with van der Waals surface area (Å²) in [5.41, 5.74) is 10.4. The van der Waals surface area contributed by atoms with Crippen LogP contribution in [0.5, 0.6) is 5.75 Å². The fourth-order valence-corrected chi connectivity index (χ4v) is 2.12. The Morgan fingerprint density at radius 1 is 1.11 bits per heavy atom. The van der Waals surface area contributed by atoms with Crippen LogP contribution in [-0.4, -0.2) is 13.7 Å². The van der Waals surface area contributed by atoms with Crippen molar-refractivity contribution >= 4 is 0 Å². The van der Waals surface area contributed by atoms with Crippen molar-refractivity contribution in [2.45, 2.75) is 13.3 Å². The van der Waals surface area contributed by atoms with E-state index in [4.69, 9.17) is 10.5 Å². The number of rotatable bonds is 4. The monoisotopic (exact) mass is 241 g/mol. The van der Waals surface area contributed by atoms with Crippen LogP contribution in [0, 0.1) is 6.92 Å². The van der Waals surface area contributed by atoms with Crippen LogP contribution in [0.1, 0.15) is 11.1 Å². The van der Waals surface area contributed by atoms with Crippen LogP contribution >= 0.6 is 0 Å². The van der Waals surface area contributed by atoms with Crippen LogP contribution < -0.4 is 10.5 Å². The molecule has 0 atom stereocenters. The molecular formula is C16H19NO. The maximum absolute atomic E-state index is 5.61. The van der Waals surface area contributed by atoms with Crippen LogP contribution in [0.25, 0.3) is 11.1 Å². The molecule has 0 spiro atoms. The number of aryl methyl sites for hydroxylation is 1. The summed E-state index contributed by atoms with van der Waals surface area (Å²) >= 11 is 0. The Balaban J connectivity index is 2.49. The van der Waals surface area contributed by atoms with E-state index < -0.39 is 0 Å². The molecule has 0 amide bonds. The van der Waals surface area contributed by atoms with Crippen LogP contribution in [0.2, 0.25) is 0 Å². The Bertz CT molecular complexity index is 534. The van der Waals surface area contributed by atoms with Crippen molar-refractivity contribution in [3.8, 4) is 16.9 Å². The van der Waals surface area contributed by atoms with Crippen molar-refractivity contribution in [1.82, 2.24) is 0 Å². The Morgan fingerprint density at radius 3 is 2.61 bits per heavy atom. The number of methoxy groups -OCH3 is 1. The Kier molecular flexibility index (Phi) is 4.00. The summed E-state index contributed by atoms with van der Waals surface area (Å²) in [5, 5.41) is 0. The second-order valence-electron chi connectivity index (χ2n) is 4.44. The zero-order valence-electron chi connectivity index (χ0n) is 10.9. The van der Waals surface area contributed by atoms with Crippen molar-refractivity contribution in [3.63, 3.8) is 0 Å². The largest absolute Gasteiger partial charge is 0.496 e. The quantitative estimate of drug-likeness (QED) is 0.892. The van der Waals surface area contributed by atoms with Crippen molar-refractivity contribution in [2.24, 2.45) is 5.73 Å². The fraction of sp³-hybridized carbons (Fsp3) is 0.250. The van der Waals surface area contributed by atoms with E-state index in [1.54, 1.807) is 7.11 Å². The minimum absolute atomic E-state index is 0.666. The lowest BCUT2D eigenvalue weighted by Crippen LogP contribution is -2.03. The van der Waals surface area contributed by atoms with E-state index in [1.807, 2.05) is 6.07 Å². The molecule has 0 aliphatic carbocycles. The van der Waals surface area contributed by atoms with Gasteiger partial charge in [0, 0.05) is 5.56 Å². The Labute approximate surface area is 108 Å². The predicted molar refractivity (Wildman–Crippen MR) is 75.9 cm³/mol. The molecule has 0 bridgehead atoms. The molecule has 0 aliphatic rings. The summed E-state index contributed by atoms with van der Waals surface area (Å²) < 4.78 is 5.44. The molecule has 0 unspecified atom stereocenters. The summed E-state index contributed by atoms with van der Waals surface area (Å²) in [4.78, 5) is 0. The van der Waals surface area contributed by atoms with Gasteiger partial charge < -0.3 is 10.5 Å². The summed E-state index contributed by atoms with van der Waals surface area (Å²) in [5.74, 6) is 0.904. The normalized spacial score (nSPS) is 10.4. The Morgan fingerprint density at radius 2 is 1.94 bits per heavy atom. The van der Waals surface area contributed by atoms with E-state index in [9.17, 15) is 0 Å². The molecule has 0 heterocycles. The first-order chi connectivity index (χ1) is 8.74. The number of hydrogen-bond donors (Lipinski definition) is 1. The van der Waals surface area contributed by atoms with Crippen LogP contribution in [-0.2, 0) is 6.42 Å². The highest BCUT2D eigenvalue weighted by Gasteiger charge is 2.07. The number of nitrogens with two attached hydrogens (primary N) is 1. The average Bonchev–Trinajstić information content (AvgIpc) is 2.39. The SMILES string of the molecule is COc1ccc(CCN)cc1-c1cccc(C)c1. The van der Waals surface area contributed by atoms with Gasteiger partial charge in [-0.3, -0.25) is 0 Å². The topological polar surface area (TPSA) is 35.2 Å². The minimum atomic E-state index is 0.666. The van der Waals surface area contributed by atoms with Gasteiger partial charge in [0.05, 0.1) is 7.11 Å². The molecule has 0 saturated heterocycles. The van der Waals surface area contributed by atoms with Gasteiger partial charge in [-0.1, -0.05) is 35.9 Å². The maximum atomic E-state index is 5.61. The molecular weight excluding hydrogens is 222 g/mol. The summed E-state index contributed by atoms with van der Waals surface area (Å²) in [6.07, 6.45) is 0.892. The molecule has 0 fully saturated rings. The number of ether oxygens (including phenoxy) is 1. The molecule has 0 aromatic heterocycles. The molecule has 2 nitrogen and oxygen atoms in total. The first-order valence-electron chi connectivity index (χ1n) is 6.18. The first kappa shape index (κ1) is 12.7.